The number of aryl methyl sites for hydroxylation is 2. The molecule has 0 saturated carbocycles. The Bertz CT molecular complexity index is 1100. The molecule has 2 aromatic rings. The SMILES string of the molecule is C=C(C)[C@H]1CN(S(=O)(=O)c2ccc(C)cc2)C[C@H]1CS(=O)(=O)c1ccc(C)cc1. The van der Waals surface area contributed by atoms with Crippen LogP contribution in [0, 0.1) is 25.7 Å². The minimum atomic E-state index is -3.68. The molecule has 1 aliphatic heterocycles. The van der Waals surface area contributed by atoms with E-state index in [4.69, 9.17) is 0 Å². The molecule has 5 nitrogen and oxygen atoms in total. The monoisotopic (exact) mass is 433 g/mol. The van der Waals surface area contributed by atoms with Crippen molar-refractivity contribution in [3.63, 3.8) is 0 Å². The van der Waals surface area contributed by atoms with E-state index in [0.717, 1.165) is 16.7 Å². The maximum absolute atomic E-state index is 13.1. The quantitative estimate of drug-likeness (QED) is 0.653. The zero-order valence-electron chi connectivity index (χ0n) is 17.0. The molecule has 0 spiro atoms. The second-order valence-electron chi connectivity index (χ2n) is 7.94. The van der Waals surface area contributed by atoms with E-state index in [1.54, 1.807) is 48.5 Å². The van der Waals surface area contributed by atoms with Gasteiger partial charge in [-0.1, -0.05) is 47.5 Å². The van der Waals surface area contributed by atoms with Gasteiger partial charge in [0.1, 0.15) is 0 Å². The minimum Gasteiger partial charge on any atom is -0.224 e. The van der Waals surface area contributed by atoms with Gasteiger partial charge >= 0.3 is 0 Å². The van der Waals surface area contributed by atoms with Crippen LogP contribution in [0.1, 0.15) is 18.1 Å². The van der Waals surface area contributed by atoms with Crippen LogP contribution in [0.15, 0.2) is 70.5 Å². The number of benzene rings is 2. The Morgan fingerprint density at radius 3 is 1.86 bits per heavy atom. The maximum Gasteiger partial charge on any atom is 0.243 e. The Balaban J connectivity index is 1.87. The fourth-order valence-electron chi connectivity index (χ4n) is 3.74. The van der Waals surface area contributed by atoms with Gasteiger partial charge in [0.25, 0.3) is 0 Å². The highest BCUT2D eigenvalue weighted by Crippen LogP contribution is 2.34. The summed E-state index contributed by atoms with van der Waals surface area (Å²) in [5, 5.41) is 0. The molecule has 1 heterocycles. The van der Waals surface area contributed by atoms with Gasteiger partial charge in [-0.05, 0) is 56.9 Å². The third kappa shape index (κ3) is 4.63. The largest absolute Gasteiger partial charge is 0.243 e. The molecule has 0 aliphatic carbocycles. The number of hydrogen-bond acceptors (Lipinski definition) is 4. The van der Waals surface area contributed by atoms with Gasteiger partial charge < -0.3 is 0 Å². The van der Waals surface area contributed by atoms with Crippen LogP contribution in [0.2, 0.25) is 0 Å². The summed E-state index contributed by atoms with van der Waals surface area (Å²) in [6.45, 7) is 10.0. The van der Waals surface area contributed by atoms with Crippen LogP contribution in [-0.2, 0) is 19.9 Å². The van der Waals surface area contributed by atoms with Gasteiger partial charge in [0.15, 0.2) is 9.84 Å². The van der Waals surface area contributed by atoms with Crippen molar-refractivity contribution in [1.29, 1.82) is 0 Å². The summed E-state index contributed by atoms with van der Waals surface area (Å²) in [6, 6.07) is 13.5. The molecule has 156 valence electrons. The molecule has 3 rings (SSSR count). The van der Waals surface area contributed by atoms with Crippen LogP contribution in [-0.4, -0.2) is 40.0 Å². The third-order valence-corrected chi connectivity index (χ3v) is 9.22. The van der Waals surface area contributed by atoms with E-state index in [2.05, 4.69) is 6.58 Å². The molecule has 7 heteroatoms. The molecule has 0 unspecified atom stereocenters. The molecular formula is C22H27NO4S2. The number of rotatable bonds is 6. The average molecular weight is 434 g/mol. The molecule has 0 bridgehead atoms. The van der Waals surface area contributed by atoms with Crippen molar-refractivity contribution < 1.29 is 16.8 Å². The Labute approximate surface area is 174 Å². The zero-order valence-corrected chi connectivity index (χ0v) is 18.6. The lowest BCUT2D eigenvalue weighted by Crippen LogP contribution is -2.30. The van der Waals surface area contributed by atoms with Crippen LogP contribution >= 0.6 is 0 Å². The van der Waals surface area contributed by atoms with Crippen LogP contribution in [0.4, 0.5) is 0 Å². The minimum absolute atomic E-state index is 0.104. The van der Waals surface area contributed by atoms with Crippen LogP contribution in [0.5, 0.6) is 0 Å². The highest BCUT2D eigenvalue weighted by atomic mass is 32.2. The molecule has 2 aromatic carbocycles. The van der Waals surface area contributed by atoms with Gasteiger partial charge in [-0.15, -0.1) is 0 Å². The van der Waals surface area contributed by atoms with Gasteiger partial charge in [-0.3, -0.25) is 0 Å². The van der Waals surface area contributed by atoms with E-state index in [1.807, 2.05) is 20.8 Å². The van der Waals surface area contributed by atoms with Crippen LogP contribution in [0.25, 0.3) is 0 Å². The number of hydrogen-bond donors (Lipinski definition) is 0. The fourth-order valence-corrected chi connectivity index (χ4v) is 6.91. The normalized spacial score (nSPS) is 20.7. The smallest absolute Gasteiger partial charge is 0.224 e. The average Bonchev–Trinajstić information content (AvgIpc) is 3.06. The van der Waals surface area contributed by atoms with Crippen LogP contribution < -0.4 is 0 Å². The first-order chi connectivity index (χ1) is 13.5. The van der Waals surface area contributed by atoms with Crippen molar-refractivity contribution in [3.05, 3.63) is 71.8 Å². The predicted molar refractivity (Wildman–Crippen MR) is 115 cm³/mol. The Morgan fingerprint density at radius 2 is 1.38 bits per heavy atom. The Hall–Kier alpha value is -1.96. The van der Waals surface area contributed by atoms with Crippen molar-refractivity contribution >= 4 is 19.9 Å². The van der Waals surface area contributed by atoms with Crippen molar-refractivity contribution in [2.24, 2.45) is 11.8 Å². The van der Waals surface area contributed by atoms with E-state index in [1.165, 1.54) is 4.31 Å². The first kappa shape index (κ1) is 21.7. The summed E-state index contributed by atoms with van der Waals surface area (Å²) >= 11 is 0. The molecule has 1 aliphatic rings. The van der Waals surface area contributed by atoms with Gasteiger partial charge in [0, 0.05) is 13.1 Å². The lowest BCUT2D eigenvalue weighted by Gasteiger charge is -2.18. The lowest BCUT2D eigenvalue weighted by molar-refractivity contribution is 0.463. The maximum atomic E-state index is 13.1. The highest BCUT2D eigenvalue weighted by molar-refractivity contribution is 7.91. The van der Waals surface area contributed by atoms with Crippen molar-refractivity contribution in [3.8, 4) is 0 Å². The lowest BCUT2D eigenvalue weighted by atomic mass is 9.92. The van der Waals surface area contributed by atoms with Gasteiger partial charge in [0.05, 0.1) is 15.5 Å². The summed E-state index contributed by atoms with van der Waals surface area (Å²) in [6.07, 6.45) is 0. The summed E-state index contributed by atoms with van der Waals surface area (Å²) in [7, 11) is -7.21. The topological polar surface area (TPSA) is 71.5 Å². The molecule has 0 radical (unpaired) electrons. The summed E-state index contributed by atoms with van der Waals surface area (Å²) in [5.74, 6) is -0.637. The van der Waals surface area contributed by atoms with E-state index >= 15 is 0 Å². The van der Waals surface area contributed by atoms with Crippen molar-refractivity contribution in [2.45, 2.75) is 30.6 Å². The van der Waals surface area contributed by atoms with E-state index in [0.29, 0.717) is 0 Å². The number of nitrogens with zero attached hydrogens (tertiary/aromatic N) is 1. The Kier molecular flexibility index (Phi) is 6.03. The Morgan fingerprint density at radius 1 is 0.897 bits per heavy atom. The summed E-state index contributed by atoms with van der Waals surface area (Å²) in [5.41, 5.74) is 2.77. The zero-order chi connectivity index (χ0) is 21.4. The number of sulfonamides is 1. The molecule has 1 fully saturated rings. The molecule has 0 amide bonds. The van der Waals surface area contributed by atoms with Crippen molar-refractivity contribution in [2.75, 3.05) is 18.8 Å². The second-order valence-corrected chi connectivity index (χ2v) is 11.9. The molecular weight excluding hydrogens is 406 g/mol. The van der Waals surface area contributed by atoms with E-state index < -0.39 is 19.9 Å². The first-order valence-corrected chi connectivity index (χ1v) is 12.6. The molecule has 0 N–H and O–H groups in total. The molecule has 29 heavy (non-hydrogen) atoms. The van der Waals surface area contributed by atoms with E-state index in [-0.39, 0.29) is 40.5 Å². The number of sulfone groups is 1. The second kappa shape index (κ2) is 8.05. The van der Waals surface area contributed by atoms with Gasteiger partial charge in [-0.25, -0.2) is 16.8 Å². The van der Waals surface area contributed by atoms with E-state index in [9.17, 15) is 16.8 Å². The third-order valence-electron chi connectivity index (χ3n) is 5.51. The molecule has 2 atom stereocenters. The summed E-state index contributed by atoms with van der Waals surface area (Å²) < 4.78 is 53.4. The summed E-state index contributed by atoms with van der Waals surface area (Å²) in [4.78, 5) is 0.494. The van der Waals surface area contributed by atoms with Gasteiger partial charge in [-0.2, -0.15) is 4.31 Å². The van der Waals surface area contributed by atoms with Crippen molar-refractivity contribution in [1.82, 2.24) is 4.31 Å². The predicted octanol–water partition coefficient (Wildman–Crippen LogP) is 3.59. The fraction of sp³-hybridized carbons (Fsp3) is 0.364. The molecule has 1 saturated heterocycles. The van der Waals surface area contributed by atoms with Crippen LogP contribution in [0.3, 0.4) is 0 Å². The molecule has 0 aromatic heterocycles. The van der Waals surface area contributed by atoms with Gasteiger partial charge in [0.2, 0.25) is 10.0 Å². The first-order valence-electron chi connectivity index (χ1n) is 9.52. The standard InChI is InChI=1S/C22H27NO4S2/c1-16(2)22-14-23(29(26,27)21-11-7-18(4)8-12-21)13-19(22)15-28(24,25)20-9-5-17(3)6-10-20/h5-12,19,22H,1,13-15H2,2-4H3/t19-,22+/m0/s1. The highest BCUT2D eigenvalue weighted by Gasteiger charge is 2.41.